The van der Waals surface area contributed by atoms with E-state index in [1.54, 1.807) is 7.11 Å². The number of hydrogen-bond donors (Lipinski definition) is 1. The van der Waals surface area contributed by atoms with Crippen molar-refractivity contribution >= 4 is 30.0 Å². The molecule has 41 heavy (non-hydrogen) atoms. The van der Waals surface area contributed by atoms with Crippen molar-refractivity contribution in [2.45, 2.75) is 125 Å². The van der Waals surface area contributed by atoms with E-state index in [1.807, 2.05) is 13.8 Å². The number of rotatable bonds is 13. The van der Waals surface area contributed by atoms with Crippen LogP contribution in [0.5, 0.6) is 5.75 Å². The van der Waals surface area contributed by atoms with Crippen LogP contribution in [-0.2, 0) is 30.2 Å². The Labute approximate surface area is 251 Å². The van der Waals surface area contributed by atoms with E-state index in [2.05, 4.69) is 73.8 Å². The van der Waals surface area contributed by atoms with Crippen molar-refractivity contribution in [2.24, 2.45) is 11.3 Å². The lowest BCUT2D eigenvalue weighted by Crippen LogP contribution is -2.33. The third-order valence-corrected chi connectivity index (χ3v) is 9.38. The van der Waals surface area contributed by atoms with Crippen molar-refractivity contribution in [2.75, 3.05) is 7.11 Å². The molecule has 1 N–H and O–H groups in total. The monoisotopic (exact) mass is 606 g/mol. The number of carbonyl (C=O) groups is 2. The highest BCUT2D eigenvalue weighted by Gasteiger charge is 2.42. The lowest BCUT2D eigenvalue weighted by Gasteiger charge is -2.34. The Morgan fingerprint density at radius 1 is 1.07 bits per heavy atom. The average molecular weight is 607 g/mol. The Hall–Kier alpha value is -1.95. The number of cyclic esters (lactones) is 1. The van der Waals surface area contributed by atoms with E-state index in [9.17, 15) is 14.7 Å². The van der Waals surface area contributed by atoms with Gasteiger partial charge in [0.05, 0.1) is 19.1 Å². The Bertz CT molecular complexity index is 1130. The summed E-state index contributed by atoms with van der Waals surface area (Å²) in [5.41, 5.74) is 4.68. The molecule has 3 atom stereocenters. The molecule has 232 valence electrons. The quantitative estimate of drug-likeness (QED) is 0.144. The van der Waals surface area contributed by atoms with Gasteiger partial charge in [-0.05, 0) is 81.6 Å². The lowest BCUT2D eigenvalue weighted by atomic mass is 9.76. The Morgan fingerprint density at radius 3 is 2.15 bits per heavy atom. The van der Waals surface area contributed by atoms with E-state index >= 15 is 0 Å². The zero-order chi connectivity index (χ0) is 31.4. The molecule has 2 rings (SSSR count). The van der Waals surface area contributed by atoms with Crippen LogP contribution in [0.2, 0.25) is 26.2 Å². The largest absolute Gasteiger partial charge is 0.496 e. The molecular formula is C32H54O7Si2. The minimum absolute atomic E-state index is 0.0200. The molecule has 1 aliphatic heterocycles. The Kier molecular flexibility index (Phi) is 12.1. The summed E-state index contributed by atoms with van der Waals surface area (Å²) in [7, 11) is -1.09. The topological polar surface area (TPSA) is 91.3 Å². The van der Waals surface area contributed by atoms with Gasteiger partial charge in [0, 0.05) is 22.8 Å². The number of benzene rings is 1. The van der Waals surface area contributed by atoms with E-state index in [1.165, 1.54) is 0 Å². The molecule has 0 saturated carbocycles. The smallest absolute Gasteiger partial charge is 0.341 e. The van der Waals surface area contributed by atoms with Crippen LogP contribution in [0.4, 0.5) is 0 Å². The fourth-order valence-electron chi connectivity index (χ4n) is 5.82. The number of fused-ring (bicyclic) bond motifs is 1. The second kappa shape index (κ2) is 14.0. The first-order chi connectivity index (χ1) is 18.8. The number of hydrogen-bond acceptors (Lipinski definition) is 6. The van der Waals surface area contributed by atoms with Gasteiger partial charge in [0.15, 0.2) is 18.1 Å². The summed E-state index contributed by atoms with van der Waals surface area (Å²) in [5.74, 6) is -0.554. The first kappa shape index (κ1) is 35.3. The molecule has 0 radical (unpaired) electrons. The molecule has 0 saturated heterocycles. The Balaban J connectivity index is 2.56. The van der Waals surface area contributed by atoms with Crippen molar-refractivity contribution in [3.8, 4) is 5.75 Å². The zero-order valence-electron chi connectivity index (χ0n) is 27.7. The van der Waals surface area contributed by atoms with Gasteiger partial charge in [-0.2, -0.15) is 0 Å². The van der Waals surface area contributed by atoms with Crippen LogP contribution in [0.15, 0.2) is 11.6 Å². The third kappa shape index (κ3) is 9.02. The van der Waals surface area contributed by atoms with Crippen molar-refractivity contribution in [1.29, 1.82) is 0 Å². The van der Waals surface area contributed by atoms with Crippen molar-refractivity contribution in [3.05, 3.63) is 39.5 Å². The van der Waals surface area contributed by atoms with Crippen LogP contribution in [0.25, 0.3) is 0 Å². The van der Waals surface area contributed by atoms with Crippen molar-refractivity contribution < 1.29 is 33.0 Å². The predicted molar refractivity (Wildman–Crippen MR) is 170 cm³/mol. The molecule has 1 aliphatic rings. The summed E-state index contributed by atoms with van der Waals surface area (Å²) >= 11 is 0. The number of carboxylic acid groups (broad SMARTS) is 1. The minimum atomic E-state index is -1.49. The Morgan fingerprint density at radius 2 is 1.68 bits per heavy atom. The molecule has 0 amide bonds. The summed E-state index contributed by atoms with van der Waals surface area (Å²) in [6.45, 7) is 25.3. The number of carboxylic acids is 1. The number of carbonyl (C=O) groups excluding carboxylic acids is 1. The van der Waals surface area contributed by atoms with Crippen molar-refractivity contribution in [1.82, 2.24) is 0 Å². The van der Waals surface area contributed by atoms with Gasteiger partial charge in [-0.25, -0.2) is 4.79 Å². The second-order valence-electron chi connectivity index (χ2n) is 14.0. The summed E-state index contributed by atoms with van der Waals surface area (Å²) < 4.78 is 24.2. The van der Waals surface area contributed by atoms with E-state index in [0.29, 0.717) is 12.0 Å². The highest BCUT2D eigenvalue weighted by Crippen LogP contribution is 2.47. The van der Waals surface area contributed by atoms with Gasteiger partial charge in [-0.15, -0.1) is 0 Å². The van der Waals surface area contributed by atoms with Crippen LogP contribution in [0.3, 0.4) is 0 Å². The predicted octanol–water partition coefficient (Wildman–Crippen LogP) is 7.24. The van der Waals surface area contributed by atoms with Crippen LogP contribution in [0.1, 0.15) is 107 Å². The van der Waals surface area contributed by atoms with Gasteiger partial charge >= 0.3 is 11.9 Å². The minimum Gasteiger partial charge on any atom is -0.496 e. The molecule has 1 heterocycles. The van der Waals surface area contributed by atoms with E-state index in [-0.39, 0.29) is 35.2 Å². The molecule has 1 aromatic rings. The molecule has 0 fully saturated rings. The first-order valence-electron chi connectivity index (χ1n) is 14.9. The number of ether oxygens (including phenoxy) is 2. The molecule has 9 heteroatoms. The van der Waals surface area contributed by atoms with Gasteiger partial charge in [0.2, 0.25) is 6.29 Å². The summed E-state index contributed by atoms with van der Waals surface area (Å²) in [4.78, 5) is 25.2. The number of aliphatic carboxylic acids is 1. The van der Waals surface area contributed by atoms with Gasteiger partial charge in [-0.1, -0.05) is 53.2 Å². The van der Waals surface area contributed by atoms with Gasteiger partial charge < -0.3 is 23.4 Å². The maximum atomic E-state index is 13.3. The number of esters is 1. The van der Waals surface area contributed by atoms with Crippen molar-refractivity contribution in [3.63, 3.8) is 0 Å². The van der Waals surface area contributed by atoms with Crippen LogP contribution >= 0.6 is 0 Å². The van der Waals surface area contributed by atoms with Crippen LogP contribution in [-0.4, -0.2) is 48.3 Å². The zero-order valence-corrected chi connectivity index (χ0v) is 30.0. The maximum Gasteiger partial charge on any atom is 0.341 e. The number of allylic oxidation sites excluding steroid dienone is 2. The molecule has 7 nitrogen and oxygen atoms in total. The number of methoxy groups -OCH3 is 1. The van der Waals surface area contributed by atoms with E-state index in [4.69, 9.17) is 18.3 Å². The van der Waals surface area contributed by atoms with E-state index < -0.39 is 30.3 Å². The molecule has 0 aliphatic carbocycles. The summed E-state index contributed by atoms with van der Waals surface area (Å²) in [6, 6.07) is 0. The van der Waals surface area contributed by atoms with Gasteiger partial charge in [0.1, 0.15) is 5.75 Å². The molecule has 0 bridgehead atoms. The standard InChI is InChI=1S/C32H54O7Si2/c1-19(21(18-24(33)34)15-17-23(31(3,4)5)38-40(10)11)14-16-22-27(32(6,7)8)26-25(20(2)28(22)36-9)30(37-29(26)35)39-41(12)13/h14,21,23,30,40-41H,15-18H2,1-13H3,(H,33,34). The molecular weight excluding hydrogens is 553 g/mol. The molecule has 0 aromatic heterocycles. The van der Waals surface area contributed by atoms with Gasteiger partial charge in [0.25, 0.3) is 0 Å². The summed E-state index contributed by atoms with van der Waals surface area (Å²) in [6.07, 6.45) is 3.61. The fourth-order valence-corrected chi connectivity index (χ4v) is 7.70. The fraction of sp³-hybridized carbons (Fsp3) is 0.688. The molecule has 0 spiro atoms. The maximum absolute atomic E-state index is 13.3. The highest BCUT2D eigenvalue weighted by molar-refractivity contribution is 6.48. The average Bonchev–Trinajstić information content (AvgIpc) is 3.12. The SMILES string of the molecule is COc1c(C)c2c(c(C(C)(C)C)c1CC=C(C)C(CCC(O[SiH](C)C)C(C)(C)C)CC(=O)O)C(=O)OC2O[SiH](C)C. The highest BCUT2D eigenvalue weighted by atomic mass is 28.3. The first-order valence-corrected chi connectivity index (χ1v) is 20.5. The third-order valence-electron chi connectivity index (χ3n) is 7.72. The van der Waals surface area contributed by atoms with Gasteiger partial charge in [-0.3, -0.25) is 4.79 Å². The lowest BCUT2D eigenvalue weighted by molar-refractivity contribution is -0.137. The second-order valence-corrected chi connectivity index (χ2v) is 18.8. The van der Waals surface area contributed by atoms with Crippen LogP contribution < -0.4 is 4.74 Å². The van der Waals surface area contributed by atoms with E-state index in [0.717, 1.165) is 46.4 Å². The molecule has 1 aromatic carbocycles. The van der Waals surface area contributed by atoms with Crippen LogP contribution in [0, 0.1) is 18.3 Å². The molecule has 3 unspecified atom stereocenters. The normalized spacial score (nSPS) is 17.6. The summed E-state index contributed by atoms with van der Waals surface area (Å²) in [5, 5.41) is 9.75.